The van der Waals surface area contributed by atoms with Gasteiger partial charge in [0.15, 0.2) is 5.75 Å². The summed E-state index contributed by atoms with van der Waals surface area (Å²) in [6.07, 6.45) is -2.10. The average Bonchev–Trinajstić information content (AvgIpc) is 3.29. The number of β-amino-alcohol motifs (C(OH)–C–C–N with tert-alkyl or cyclic N) is 2. The molecule has 1 saturated carbocycles. The number of hydrogen-bond donors (Lipinski definition) is 3. The van der Waals surface area contributed by atoms with Crippen molar-refractivity contribution in [2.45, 2.75) is 36.9 Å². The number of nitrogens with zero attached hydrogens (tertiary/aromatic N) is 2. The van der Waals surface area contributed by atoms with E-state index in [1.807, 2.05) is 65.6 Å². The Morgan fingerprint density at radius 1 is 1.06 bits per heavy atom. The van der Waals surface area contributed by atoms with Crippen molar-refractivity contribution in [3.63, 3.8) is 0 Å². The molecule has 35 heavy (non-hydrogen) atoms. The van der Waals surface area contributed by atoms with Gasteiger partial charge in [-0.25, -0.2) is 4.98 Å². The number of fused-ring (bicyclic) bond motifs is 1. The van der Waals surface area contributed by atoms with Crippen molar-refractivity contribution in [3.8, 4) is 11.5 Å². The molecule has 1 unspecified atom stereocenters. The second-order valence-corrected chi connectivity index (χ2v) is 9.35. The van der Waals surface area contributed by atoms with E-state index in [0.717, 1.165) is 5.56 Å². The van der Waals surface area contributed by atoms with E-state index in [2.05, 4.69) is 4.98 Å². The lowest BCUT2D eigenvalue weighted by atomic mass is 9.93. The molecule has 184 valence electrons. The number of hydrogen-bond acceptors (Lipinski definition) is 7. The second-order valence-electron chi connectivity index (χ2n) is 9.35. The van der Waals surface area contributed by atoms with Gasteiger partial charge >= 0.3 is 0 Å². The number of pyridine rings is 1. The minimum Gasteiger partial charge on any atom is -0.488 e. The molecule has 0 bridgehead atoms. The van der Waals surface area contributed by atoms with E-state index in [1.165, 1.54) is 12.1 Å². The molecule has 2 heterocycles. The van der Waals surface area contributed by atoms with E-state index in [9.17, 15) is 19.7 Å². The third-order valence-electron chi connectivity index (χ3n) is 6.92. The molecule has 0 spiro atoms. The van der Waals surface area contributed by atoms with Crippen LogP contribution in [0.5, 0.6) is 11.5 Å². The van der Waals surface area contributed by atoms with Gasteiger partial charge in [-0.2, -0.15) is 4.39 Å². The van der Waals surface area contributed by atoms with Gasteiger partial charge in [0.25, 0.3) is 5.95 Å². The van der Waals surface area contributed by atoms with Crippen LogP contribution >= 0.6 is 0 Å². The number of halogens is 1. The first-order valence-corrected chi connectivity index (χ1v) is 11.8. The summed E-state index contributed by atoms with van der Waals surface area (Å²) in [6.45, 7) is 1.05. The number of para-hydroxylation sites is 1. The summed E-state index contributed by atoms with van der Waals surface area (Å²) in [5.74, 6) is -0.318. The van der Waals surface area contributed by atoms with E-state index in [0.29, 0.717) is 18.7 Å². The van der Waals surface area contributed by atoms with Gasteiger partial charge in [-0.05, 0) is 36.2 Å². The minimum absolute atomic E-state index is 0.0161. The third kappa shape index (κ3) is 5.01. The number of ether oxygens (including phenoxy) is 2. The Balaban J connectivity index is 1.17. The molecule has 1 saturated heterocycles. The molecule has 3 N–H and O–H groups in total. The smallest absolute Gasteiger partial charge is 0.255 e. The van der Waals surface area contributed by atoms with Crippen LogP contribution in [0.3, 0.4) is 0 Å². The van der Waals surface area contributed by atoms with Crippen molar-refractivity contribution in [3.05, 3.63) is 90.0 Å². The molecule has 5 atom stereocenters. The molecular formula is C27H29FN2O5. The van der Waals surface area contributed by atoms with Crippen LogP contribution in [-0.2, 0) is 6.61 Å². The van der Waals surface area contributed by atoms with Crippen LogP contribution in [0, 0.1) is 11.9 Å². The summed E-state index contributed by atoms with van der Waals surface area (Å²) in [6, 6.07) is 21.7. The Morgan fingerprint density at radius 3 is 2.46 bits per heavy atom. The van der Waals surface area contributed by atoms with Crippen molar-refractivity contribution in [1.82, 2.24) is 9.88 Å². The van der Waals surface area contributed by atoms with E-state index in [1.54, 1.807) is 0 Å². The molecule has 2 aliphatic rings. The Hall–Kier alpha value is -3.04. The van der Waals surface area contributed by atoms with Crippen molar-refractivity contribution in [2.24, 2.45) is 5.92 Å². The van der Waals surface area contributed by atoms with E-state index in [-0.39, 0.29) is 37.1 Å². The van der Waals surface area contributed by atoms with E-state index < -0.39 is 29.9 Å². The maximum Gasteiger partial charge on any atom is 0.255 e. The lowest BCUT2D eigenvalue weighted by Crippen LogP contribution is -2.49. The molecule has 0 radical (unpaired) electrons. The molecule has 8 heteroatoms. The van der Waals surface area contributed by atoms with Crippen molar-refractivity contribution >= 4 is 0 Å². The highest BCUT2D eigenvalue weighted by molar-refractivity contribution is 5.25. The van der Waals surface area contributed by atoms with Gasteiger partial charge in [0.2, 0.25) is 0 Å². The van der Waals surface area contributed by atoms with Crippen molar-refractivity contribution in [2.75, 3.05) is 19.6 Å². The van der Waals surface area contributed by atoms with Crippen molar-refractivity contribution in [1.29, 1.82) is 0 Å². The summed E-state index contributed by atoms with van der Waals surface area (Å²) >= 11 is 0. The predicted molar refractivity (Wildman–Crippen MR) is 126 cm³/mol. The zero-order valence-electron chi connectivity index (χ0n) is 19.2. The zero-order chi connectivity index (χ0) is 24.4. The van der Waals surface area contributed by atoms with Crippen LogP contribution in [0.2, 0.25) is 0 Å². The number of aromatic nitrogens is 1. The van der Waals surface area contributed by atoms with Gasteiger partial charge < -0.3 is 24.8 Å². The van der Waals surface area contributed by atoms with Gasteiger partial charge in [0, 0.05) is 25.6 Å². The molecular weight excluding hydrogens is 451 g/mol. The minimum atomic E-state index is -1.33. The highest BCUT2D eigenvalue weighted by Gasteiger charge is 2.59. The maximum absolute atomic E-state index is 14.5. The number of aliphatic hydroxyl groups is 3. The fourth-order valence-corrected chi connectivity index (χ4v) is 5.09. The van der Waals surface area contributed by atoms with E-state index in [4.69, 9.17) is 9.47 Å². The van der Waals surface area contributed by atoms with Gasteiger partial charge in [-0.15, -0.1) is 0 Å². The number of likely N-dealkylation sites (tertiary alicyclic amines) is 1. The fourth-order valence-electron chi connectivity index (χ4n) is 5.09. The molecule has 2 fully saturated rings. The molecule has 2 aromatic carbocycles. The van der Waals surface area contributed by atoms with Gasteiger partial charge in [0.1, 0.15) is 36.3 Å². The zero-order valence-corrected chi connectivity index (χ0v) is 19.2. The summed E-state index contributed by atoms with van der Waals surface area (Å²) in [7, 11) is 0. The highest BCUT2D eigenvalue weighted by Crippen LogP contribution is 2.43. The number of rotatable bonds is 8. The largest absolute Gasteiger partial charge is 0.488 e. The Bertz CT molecular complexity index is 1130. The highest BCUT2D eigenvalue weighted by atomic mass is 19.1. The fraction of sp³-hybridized carbons (Fsp3) is 0.370. The van der Waals surface area contributed by atoms with E-state index >= 15 is 0 Å². The standard InChI is InChI=1S/C27H29FN2O5/c28-26-23(34-16-18-7-3-1-4-8-18)12-11-21(29-26)22(31)15-30-14-19-13-24(25(32)27(19,33)17-30)35-20-9-5-2-6-10-20/h1-12,19,22,24-25,31-33H,13-17H2/t19-,22?,24+,25+,27-/m0/s1. The molecule has 7 nitrogen and oxygen atoms in total. The first kappa shape index (κ1) is 23.7. The van der Waals surface area contributed by atoms with Crippen LogP contribution < -0.4 is 9.47 Å². The molecule has 1 aliphatic carbocycles. The maximum atomic E-state index is 14.5. The summed E-state index contributed by atoms with van der Waals surface area (Å²) in [4.78, 5) is 5.76. The second kappa shape index (κ2) is 9.91. The average molecular weight is 481 g/mol. The van der Waals surface area contributed by atoms with Crippen LogP contribution in [0.4, 0.5) is 4.39 Å². The first-order chi connectivity index (χ1) is 16.9. The summed E-state index contributed by atoms with van der Waals surface area (Å²) in [5, 5.41) is 32.7. The molecule has 0 amide bonds. The topological polar surface area (TPSA) is 95.3 Å². The molecule has 1 aliphatic heterocycles. The summed E-state index contributed by atoms with van der Waals surface area (Å²) < 4.78 is 25.9. The number of benzene rings is 2. The molecule has 1 aromatic heterocycles. The molecule has 5 rings (SSSR count). The van der Waals surface area contributed by atoms with Crippen LogP contribution in [0.15, 0.2) is 72.8 Å². The van der Waals surface area contributed by atoms with Crippen LogP contribution in [0.1, 0.15) is 23.8 Å². The Labute approximate surface area is 203 Å². The predicted octanol–water partition coefficient (Wildman–Crippen LogP) is 2.71. The number of aliphatic hydroxyl groups excluding tert-OH is 2. The van der Waals surface area contributed by atoms with Gasteiger partial charge in [-0.1, -0.05) is 48.5 Å². The third-order valence-corrected chi connectivity index (χ3v) is 6.92. The molecule has 3 aromatic rings. The Morgan fingerprint density at radius 2 is 1.77 bits per heavy atom. The lowest BCUT2D eigenvalue weighted by Gasteiger charge is -2.29. The monoisotopic (exact) mass is 480 g/mol. The van der Waals surface area contributed by atoms with Crippen LogP contribution in [-0.4, -0.2) is 62.6 Å². The van der Waals surface area contributed by atoms with Gasteiger partial charge in [0.05, 0.1) is 5.69 Å². The Kier molecular flexibility index (Phi) is 6.71. The quantitative estimate of drug-likeness (QED) is 0.427. The summed E-state index contributed by atoms with van der Waals surface area (Å²) in [5.41, 5.74) is -0.232. The SMILES string of the molecule is OC(CN1C[C@@H]2C[C@@H](Oc3ccccc3)[C@@H](O)[C@]2(O)C1)c1ccc(OCc2ccccc2)c(F)n1. The van der Waals surface area contributed by atoms with Crippen molar-refractivity contribution < 1.29 is 29.2 Å². The first-order valence-electron chi connectivity index (χ1n) is 11.8. The van der Waals surface area contributed by atoms with Gasteiger partial charge in [-0.3, -0.25) is 4.90 Å². The lowest BCUT2D eigenvalue weighted by molar-refractivity contribution is -0.0876. The van der Waals surface area contributed by atoms with Crippen LogP contribution in [0.25, 0.3) is 0 Å². The normalized spacial score (nSPS) is 26.9.